The molecule has 14 heteroatoms. The quantitative estimate of drug-likeness (QED) is 0.320. The summed E-state index contributed by atoms with van der Waals surface area (Å²) in [4.78, 5) is 51.2. The lowest BCUT2D eigenvalue weighted by molar-refractivity contribution is -0.143. The normalized spacial score (nSPS) is 19.2. The summed E-state index contributed by atoms with van der Waals surface area (Å²) in [5.74, 6) is -1.68. The van der Waals surface area contributed by atoms with Gasteiger partial charge in [0.05, 0.1) is 4.90 Å². The van der Waals surface area contributed by atoms with Gasteiger partial charge in [-0.05, 0) is 62.1 Å². The molecule has 2 aliphatic heterocycles. The highest BCUT2D eigenvalue weighted by atomic mass is 35.5. The highest BCUT2D eigenvalue weighted by molar-refractivity contribution is 7.89. The number of carbonyl (C=O) groups is 4. The van der Waals surface area contributed by atoms with Crippen molar-refractivity contribution in [3.05, 3.63) is 28.2 Å². The lowest BCUT2D eigenvalue weighted by Gasteiger charge is -2.32. The maximum Gasteiger partial charge on any atom is 0.326 e. The van der Waals surface area contributed by atoms with Gasteiger partial charge in [0.15, 0.2) is 0 Å². The van der Waals surface area contributed by atoms with E-state index in [9.17, 15) is 32.7 Å². The minimum atomic E-state index is -4.12. The largest absolute Gasteiger partial charge is 0.480 e. The van der Waals surface area contributed by atoms with Gasteiger partial charge < -0.3 is 20.6 Å². The molecule has 1 aromatic carbocycles. The molecule has 0 bridgehead atoms. The van der Waals surface area contributed by atoms with Crippen LogP contribution in [-0.4, -0.2) is 84.7 Å². The van der Waals surface area contributed by atoms with Crippen LogP contribution in [0.3, 0.4) is 0 Å². The Labute approximate surface area is 251 Å². The molecule has 228 valence electrons. The zero-order valence-electron chi connectivity index (χ0n) is 23.3. The zero-order chi connectivity index (χ0) is 30.3. The summed E-state index contributed by atoms with van der Waals surface area (Å²) in [7, 11) is -4.12. The number of halogens is 2. The molecule has 11 nitrogen and oxygen atoms in total. The van der Waals surface area contributed by atoms with Gasteiger partial charge in [-0.2, -0.15) is 4.31 Å². The summed E-state index contributed by atoms with van der Waals surface area (Å²) in [6.07, 6.45) is 2.36. The molecule has 0 saturated carbocycles. The van der Waals surface area contributed by atoms with Gasteiger partial charge >= 0.3 is 5.97 Å². The average Bonchev–Trinajstić information content (AvgIpc) is 3.40. The number of carbonyl (C=O) groups excluding carboxylic acids is 3. The van der Waals surface area contributed by atoms with Crippen LogP contribution in [0.4, 0.5) is 0 Å². The van der Waals surface area contributed by atoms with Crippen molar-refractivity contribution < 1.29 is 32.7 Å². The second-order valence-corrected chi connectivity index (χ2v) is 13.8. The molecule has 41 heavy (non-hydrogen) atoms. The van der Waals surface area contributed by atoms with Crippen molar-refractivity contribution >= 4 is 56.9 Å². The number of likely N-dealkylation sites (tertiary alicyclic amines) is 1. The maximum absolute atomic E-state index is 13.2. The number of nitrogens with zero attached hydrogens (tertiary/aromatic N) is 2. The van der Waals surface area contributed by atoms with E-state index in [1.807, 2.05) is 13.8 Å². The van der Waals surface area contributed by atoms with Crippen molar-refractivity contribution in [1.29, 1.82) is 0 Å². The number of piperidine rings is 1. The molecule has 0 aromatic heterocycles. The molecule has 0 unspecified atom stereocenters. The molecular weight excluding hydrogens is 595 g/mol. The number of aliphatic carboxylic acids is 1. The van der Waals surface area contributed by atoms with Gasteiger partial charge in [0.2, 0.25) is 27.7 Å². The number of amides is 3. The van der Waals surface area contributed by atoms with Crippen LogP contribution in [0.2, 0.25) is 10.0 Å². The Kier molecular flexibility index (Phi) is 11.8. The fourth-order valence-corrected chi connectivity index (χ4v) is 7.53. The standard InChI is InChI=1S/C27H38Cl2N4O7S/c1-17(2)12-24(34)30-16-18-7-10-32(11-8-18)25(35)6-5-22(27(37)38)31-26(36)23-4-3-9-33(23)41(39,40)21-14-19(28)13-20(29)15-21/h13-15,17-18,22-23H,3-12,16H2,1-2H3,(H,30,34)(H,31,36)(H,37,38)/t22-,23+/m0/s1. The molecule has 2 fully saturated rings. The third-order valence-electron chi connectivity index (χ3n) is 7.36. The molecule has 1 aromatic rings. The summed E-state index contributed by atoms with van der Waals surface area (Å²) in [6.45, 7) is 5.64. The SMILES string of the molecule is CC(C)CC(=O)NCC1CCN(C(=O)CC[C@H](NC(=O)[C@H]2CCCN2S(=O)(=O)c2cc(Cl)cc(Cl)c2)C(=O)O)CC1. The van der Waals surface area contributed by atoms with Crippen LogP contribution in [0.5, 0.6) is 0 Å². The van der Waals surface area contributed by atoms with Gasteiger partial charge in [0, 0.05) is 49.1 Å². The van der Waals surface area contributed by atoms with E-state index in [4.69, 9.17) is 23.2 Å². The van der Waals surface area contributed by atoms with Gasteiger partial charge in [-0.25, -0.2) is 13.2 Å². The minimum absolute atomic E-state index is 0.0208. The van der Waals surface area contributed by atoms with Crippen LogP contribution >= 0.6 is 23.2 Å². The number of carboxylic acid groups (broad SMARTS) is 1. The number of hydrogen-bond donors (Lipinski definition) is 3. The third kappa shape index (κ3) is 9.29. The van der Waals surface area contributed by atoms with E-state index in [1.165, 1.54) is 18.2 Å². The molecule has 2 heterocycles. The lowest BCUT2D eigenvalue weighted by atomic mass is 9.96. The first-order valence-corrected chi connectivity index (χ1v) is 16.0. The number of nitrogens with one attached hydrogen (secondary N) is 2. The van der Waals surface area contributed by atoms with Crippen molar-refractivity contribution in [1.82, 2.24) is 19.8 Å². The molecule has 0 radical (unpaired) electrons. The first-order chi connectivity index (χ1) is 19.3. The Morgan fingerprint density at radius 3 is 2.24 bits per heavy atom. The van der Waals surface area contributed by atoms with Gasteiger partial charge in [-0.3, -0.25) is 14.4 Å². The van der Waals surface area contributed by atoms with Crippen LogP contribution in [0.25, 0.3) is 0 Å². The zero-order valence-corrected chi connectivity index (χ0v) is 25.6. The molecular formula is C27H38Cl2N4O7S. The van der Waals surface area contributed by atoms with E-state index in [0.717, 1.165) is 17.1 Å². The van der Waals surface area contributed by atoms with Crippen LogP contribution in [-0.2, 0) is 29.2 Å². The van der Waals surface area contributed by atoms with Crippen molar-refractivity contribution in [2.24, 2.45) is 11.8 Å². The number of sulfonamides is 1. The van der Waals surface area contributed by atoms with Gasteiger partial charge in [0.25, 0.3) is 0 Å². The molecule has 3 amide bonds. The molecule has 2 aliphatic rings. The van der Waals surface area contributed by atoms with E-state index >= 15 is 0 Å². The first-order valence-electron chi connectivity index (χ1n) is 13.8. The molecule has 3 rings (SSSR count). The van der Waals surface area contributed by atoms with Gasteiger partial charge in [-0.1, -0.05) is 37.0 Å². The second kappa shape index (κ2) is 14.7. The first kappa shape index (κ1) is 33.1. The number of benzene rings is 1. The van der Waals surface area contributed by atoms with E-state index in [-0.39, 0.29) is 64.4 Å². The van der Waals surface area contributed by atoms with Crippen LogP contribution in [0, 0.1) is 11.8 Å². The summed E-state index contributed by atoms with van der Waals surface area (Å²) in [5.41, 5.74) is 0. The van der Waals surface area contributed by atoms with Gasteiger partial charge in [0.1, 0.15) is 12.1 Å². The average molecular weight is 634 g/mol. The minimum Gasteiger partial charge on any atom is -0.480 e. The van der Waals surface area contributed by atoms with Crippen LogP contribution < -0.4 is 10.6 Å². The highest BCUT2D eigenvalue weighted by Gasteiger charge is 2.41. The van der Waals surface area contributed by atoms with E-state index in [2.05, 4.69) is 10.6 Å². The molecule has 3 N–H and O–H groups in total. The van der Waals surface area contributed by atoms with E-state index in [0.29, 0.717) is 32.5 Å². The van der Waals surface area contributed by atoms with Crippen molar-refractivity contribution in [2.45, 2.75) is 75.8 Å². The molecule has 0 aliphatic carbocycles. The summed E-state index contributed by atoms with van der Waals surface area (Å²) < 4.78 is 27.5. The summed E-state index contributed by atoms with van der Waals surface area (Å²) >= 11 is 11.9. The third-order valence-corrected chi connectivity index (χ3v) is 9.68. The number of carboxylic acids is 1. The predicted molar refractivity (Wildman–Crippen MR) is 154 cm³/mol. The van der Waals surface area contributed by atoms with E-state index < -0.39 is 34.0 Å². The number of rotatable bonds is 12. The van der Waals surface area contributed by atoms with Gasteiger partial charge in [-0.15, -0.1) is 0 Å². The summed E-state index contributed by atoms with van der Waals surface area (Å²) in [5, 5.41) is 15.3. The van der Waals surface area contributed by atoms with Crippen molar-refractivity contribution in [3.63, 3.8) is 0 Å². The Hall–Kier alpha value is -2.41. The number of hydrogen-bond acceptors (Lipinski definition) is 6. The van der Waals surface area contributed by atoms with E-state index in [1.54, 1.807) is 4.90 Å². The Balaban J connectivity index is 1.52. The predicted octanol–water partition coefficient (Wildman–Crippen LogP) is 2.90. The smallest absolute Gasteiger partial charge is 0.326 e. The van der Waals surface area contributed by atoms with Crippen molar-refractivity contribution in [2.75, 3.05) is 26.2 Å². The summed E-state index contributed by atoms with van der Waals surface area (Å²) in [6, 6.07) is 1.42. The maximum atomic E-state index is 13.2. The highest BCUT2D eigenvalue weighted by Crippen LogP contribution is 2.30. The molecule has 2 atom stereocenters. The second-order valence-electron chi connectivity index (χ2n) is 11.0. The fraction of sp³-hybridized carbons (Fsp3) is 0.630. The topological polar surface area (TPSA) is 153 Å². The Morgan fingerprint density at radius 1 is 1.02 bits per heavy atom. The Morgan fingerprint density at radius 2 is 1.66 bits per heavy atom. The lowest BCUT2D eigenvalue weighted by Crippen LogP contribution is -2.51. The molecule has 2 saturated heterocycles. The Bertz CT molecular complexity index is 1220. The molecule has 0 spiro atoms. The van der Waals surface area contributed by atoms with Crippen LogP contribution in [0.1, 0.15) is 58.8 Å². The fourth-order valence-electron chi connectivity index (χ4n) is 5.14. The van der Waals surface area contributed by atoms with Crippen LogP contribution in [0.15, 0.2) is 23.1 Å². The monoisotopic (exact) mass is 632 g/mol. The van der Waals surface area contributed by atoms with Crippen molar-refractivity contribution in [3.8, 4) is 0 Å².